The van der Waals surface area contributed by atoms with Gasteiger partial charge < -0.3 is 4.90 Å². The summed E-state index contributed by atoms with van der Waals surface area (Å²) < 4.78 is 0. The molecule has 1 unspecified atom stereocenters. The van der Waals surface area contributed by atoms with Crippen LogP contribution in [-0.2, 0) is 6.42 Å². The Hall–Kier alpha value is -0.900. The van der Waals surface area contributed by atoms with Crippen molar-refractivity contribution in [2.24, 2.45) is 5.92 Å². The van der Waals surface area contributed by atoms with Gasteiger partial charge >= 0.3 is 0 Å². The number of rotatable bonds is 3. The van der Waals surface area contributed by atoms with E-state index in [4.69, 9.17) is 0 Å². The van der Waals surface area contributed by atoms with Crippen LogP contribution in [0, 0.1) is 5.92 Å². The van der Waals surface area contributed by atoms with E-state index in [1.165, 1.54) is 24.2 Å². The van der Waals surface area contributed by atoms with E-state index in [1.54, 1.807) is 0 Å². The van der Waals surface area contributed by atoms with Gasteiger partial charge in [-0.2, -0.15) is 0 Å². The number of aromatic nitrogens is 1. The van der Waals surface area contributed by atoms with E-state index < -0.39 is 0 Å². The average Bonchev–Trinajstić information content (AvgIpc) is 2.72. The molecule has 3 nitrogen and oxygen atoms in total. The van der Waals surface area contributed by atoms with Crippen molar-refractivity contribution in [3.05, 3.63) is 10.6 Å². The van der Waals surface area contributed by atoms with Gasteiger partial charge in [-0.25, -0.2) is 4.98 Å². The van der Waals surface area contributed by atoms with Gasteiger partial charge in [0.2, 0.25) is 0 Å². The standard InChI is InChI=1S/C12H18N2OS/c1-3-10-11(8-15)16-12(13-10)14-6-4-5-9(2)7-14/h8-9H,3-7H2,1-2H3. The second-order valence-electron chi connectivity index (χ2n) is 4.47. The van der Waals surface area contributed by atoms with Crippen LogP contribution in [0.25, 0.3) is 0 Å². The largest absolute Gasteiger partial charge is 0.348 e. The second-order valence-corrected chi connectivity index (χ2v) is 5.48. The van der Waals surface area contributed by atoms with Crippen molar-refractivity contribution < 1.29 is 4.79 Å². The van der Waals surface area contributed by atoms with Crippen LogP contribution in [0.1, 0.15) is 42.1 Å². The molecule has 0 aliphatic carbocycles. The fraction of sp³-hybridized carbons (Fsp3) is 0.667. The number of piperidine rings is 1. The second kappa shape index (κ2) is 4.95. The number of aryl methyl sites for hydroxylation is 1. The van der Waals surface area contributed by atoms with Gasteiger partial charge in [-0.05, 0) is 25.2 Å². The lowest BCUT2D eigenvalue weighted by atomic mass is 10.0. The molecule has 2 heterocycles. The first kappa shape index (κ1) is 11.6. The third-order valence-corrected chi connectivity index (χ3v) is 4.17. The van der Waals surface area contributed by atoms with Crippen LogP contribution in [0.2, 0.25) is 0 Å². The molecule has 1 saturated heterocycles. The van der Waals surface area contributed by atoms with Gasteiger partial charge in [-0.1, -0.05) is 25.2 Å². The molecular weight excluding hydrogens is 220 g/mol. The van der Waals surface area contributed by atoms with E-state index in [-0.39, 0.29) is 0 Å². The summed E-state index contributed by atoms with van der Waals surface area (Å²) in [6.45, 7) is 6.49. The summed E-state index contributed by atoms with van der Waals surface area (Å²) >= 11 is 1.54. The van der Waals surface area contributed by atoms with Crippen molar-refractivity contribution in [2.45, 2.75) is 33.1 Å². The zero-order valence-corrected chi connectivity index (χ0v) is 10.7. The number of nitrogens with zero attached hydrogens (tertiary/aromatic N) is 2. The fourth-order valence-electron chi connectivity index (χ4n) is 2.19. The molecule has 0 N–H and O–H groups in total. The topological polar surface area (TPSA) is 33.2 Å². The fourth-order valence-corrected chi connectivity index (χ4v) is 3.20. The quantitative estimate of drug-likeness (QED) is 0.759. The highest BCUT2D eigenvalue weighted by atomic mass is 32.1. The van der Waals surface area contributed by atoms with Crippen molar-refractivity contribution in [3.63, 3.8) is 0 Å². The third-order valence-electron chi connectivity index (χ3n) is 3.09. The van der Waals surface area contributed by atoms with Crippen molar-refractivity contribution in [2.75, 3.05) is 18.0 Å². The highest BCUT2D eigenvalue weighted by Gasteiger charge is 2.20. The molecule has 0 spiro atoms. The van der Waals surface area contributed by atoms with Gasteiger partial charge in [-0.15, -0.1) is 0 Å². The van der Waals surface area contributed by atoms with E-state index in [2.05, 4.69) is 16.8 Å². The Kier molecular flexibility index (Phi) is 3.59. The van der Waals surface area contributed by atoms with Crippen molar-refractivity contribution in [1.82, 2.24) is 4.98 Å². The molecule has 1 atom stereocenters. The molecule has 1 aromatic heterocycles. The van der Waals surface area contributed by atoms with Crippen LogP contribution in [0.5, 0.6) is 0 Å². The van der Waals surface area contributed by atoms with E-state index in [1.807, 2.05) is 6.92 Å². The van der Waals surface area contributed by atoms with Crippen LogP contribution in [0.15, 0.2) is 0 Å². The molecule has 4 heteroatoms. The van der Waals surface area contributed by atoms with Gasteiger partial charge in [0.05, 0.1) is 10.6 Å². The monoisotopic (exact) mass is 238 g/mol. The third kappa shape index (κ3) is 2.26. The van der Waals surface area contributed by atoms with Gasteiger partial charge in [0.15, 0.2) is 11.4 Å². The Bertz CT molecular complexity index is 375. The lowest BCUT2D eigenvalue weighted by Crippen LogP contribution is -2.34. The molecule has 1 aromatic rings. The lowest BCUT2D eigenvalue weighted by Gasteiger charge is -2.30. The number of aldehydes is 1. The van der Waals surface area contributed by atoms with E-state index in [0.717, 1.165) is 47.4 Å². The Morgan fingerprint density at radius 2 is 2.44 bits per heavy atom. The van der Waals surface area contributed by atoms with Gasteiger partial charge in [-0.3, -0.25) is 4.79 Å². The molecule has 0 radical (unpaired) electrons. The maximum absolute atomic E-state index is 10.9. The van der Waals surface area contributed by atoms with Crippen LogP contribution < -0.4 is 4.90 Å². The molecule has 16 heavy (non-hydrogen) atoms. The van der Waals surface area contributed by atoms with Crippen LogP contribution in [0.4, 0.5) is 5.13 Å². The lowest BCUT2D eigenvalue weighted by molar-refractivity contribution is 0.112. The summed E-state index contributed by atoms with van der Waals surface area (Å²) in [5.41, 5.74) is 0.952. The Balaban J connectivity index is 2.19. The number of anilines is 1. The minimum Gasteiger partial charge on any atom is -0.348 e. The first-order valence-corrected chi connectivity index (χ1v) is 6.76. The van der Waals surface area contributed by atoms with Crippen LogP contribution in [-0.4, -0.2) is 24.4 Å². The molecule has 2 rings (SSSR count). The highest BCUT2D eigenvalue weighted by molar-refractivity contribution is 7.17. The molecule has 88 valence electrons. The predicted molar refractivity (Wildman–Crippen MR) is 67.5 cm³/mol. The van der Waals surface area contributed by atoms with Crippen LogP contribution in [0.3, 0.4) is 0 Å². The minimum atomic E-state index is 0.738. The molecule has 0 amide bonds. The number of carbonyl (C=O) groups excluding carboxylic acids is 1. The number of hydrogen-bond acceptors (Lipinski definition) is 4. The molecule has 1 aliphatic rings. The van der Waals surface area contributed by atoms with Crippen molar-refractivity contribution in [1.29, 1.82) is 0 Å². The molecule has 1 fully saturated rings. The SMILES string of the molecule is CCc1nc(N2CCCC(C)C2)sc1C=O. The normalized spacial score (nSPS) is 21.1. The van der Waals surface area contributed by atoms with Crippen LogP contribution >= 0.6 is 11.3 Å². The molecule has 0 aromatic carbocycles. The first-order valence-electron chi connectivity index (χ1n) is 5.94. The van der Waals surface area contributed by atoms with Crippen molar-refractivity contribution >= 4 is 22.8 Å². The summed E-state index contributed by atoms with van der Waals surface area (Å²) in [5, 5.41) is 1.03. The van der Waals surface area contributed by atoms with E-state index >= 15 is 0 Å². The molecule has 0 saturated carbocycles. The average molecular weight is 238 g/mol. The summed E-state index contributed by atoms with van der Waals surface area (Å²) in [6.07, 6.45) is 4.32. The smallest absolute Gasteiger partial charge is 0.186 e. The Morgan fingerprint density at radius 3 is 3.00 bits per heavy atom. The number of thiazole rings is 1. The van der Waals surface area contributed by atoms with Gasteiger partial charge in [0.1, 0.15) is 0 Å². The van der Waals surface area contributed by atoms with Gasteiger partial charge in [0.25, 0.3) is 0 Å². The minimum absolute atomic E-state index is 0.738. The Labute approximate surface area is 100 Å². The van der Waals surface area contributed by atoms with Gasteiger partial charge in [0, 0.05) is 13.1 Å². The Morgan fingerprint density at radius 1 is 1.62 bits per heavy atom. The number of carbonyl (C=O) groups is 1. The first-order chi connectivity index (χ1) is 7.74. The molecule has 0 bridgehead atoms. The summed E-state index contributed by atoms with van der Waals surface area (Å²) in [5.74, 6) is 0.738. The van der Waals surface area contributed by atoms with E-state index in [0.29, 0.717) is 0 Å². The number of hydrogen-bond donors (Lipinski definition) is 0. The summed E-state index contributed by atoms with van der Waals surface area (Å²) in [6, 6.07) is 0. The zero-order chi connectivity index (χ0) is 11.5. The summed E-state index contributed by atoms with van der Waals surface area (Å²) in [7, 11) is 0. The molecular formula is C12H18N2OS. The zero-order valence-electron chi connectivity index (χ0n) is 9.90. The predicted octanol–water partition coefficient (Wildman–Crippen LogP) is 2.75. The summed E-state index contributed by atoms with van der Waals surface area (Å²) in [4.78, 5) is 18.6. The van der Waals surface area contributed by atoms with Crippen molar-refractivity contribution in [3.8, 4) is 0 Å². The molecule has 1 aliphatic heterocycles. The van der Waals surface area contributed by atoms with E-state index in [9.17, 15) is 4.79 Å². The maximum atomic E-state index is 10.9. The maximum Gasteiger partial charge on any atom is 0.186 e. The highest BCUT2D eigenvalue weighted by Crippen LogP contribution is 2.29.